The number of benzene rings is 1. The Morgan fingerprint density at radius 1 is 1.22 bits per heavy atom. The summed E-state index contributed by atoms with van der Waals surface area (Å²) < 4.78 is 27.1. The van der Waals surface area contributed by atoms with E-state index in [1.54, 1.807) is 5.51 Å². The Morgan fingerprint density at radius 3 is 2.52 bits per heavy atom. The SMILES string of the molecule is O=C(NCCc1nncs1)C1(c2cc(F)cc(F)c2)CCCC1. The third-order valence-corrected chi connectivity index (χ3v) is 5.09. The first-order valence-electron chi connectivity index (χ1n) is 7.60. The largest absolute Gasteiger partial charge is 0.355 e. The monoisotopic (exact) mass is 337 g/mol. The fraction of sp³-hybridized carbons (Fsp3) is 0.438. The summed E-state index contributed by atoms with van der Waals surface area (Å²) in [6.07, 6.45) is 3.58. The van der Waals surface area contributed by atoms with Gasteiger partial charge in [0, 0.05) is 19.0 Å². The van der Waals surface area contributed by atoms with Crippen LogP contribution >= 0.6 is 11.3 Å². The molecule has 1 aromatic carbocycles. The van der Waals surface area contributed by atoms with Gasteiger partial charge in [-0.05, 0) is 30.5 Å². The Morgan fingerprint density at radius 2 is 1.91 bits per heavy atom. The van der Waals surface area contributed by atoms with Crippen LogP contribution in [0.3, 0.4) is 0 Å². The number of nitrogens with zero attached hydrogens (tertiary/aromatic N) is 2. The molecule has 122 valence electrons. The van der Waals surface area contributed by atoms with Gasteiger partial charge in [-0.1, -0.05) is 12.8 Å². The van der Waals surface area contributed by atoms with E-state index in [0.29, 0.717) is 31.4 Å². The van der Waals surface area contributed by atoms with Crippen LogP contribution in [0.5, 0.6) is 0 Å². The number of halogens is 2. The molecule has 1 amide bonds. The molecule has 0 spiro atoms. The number of hydrogen-bond acceptors (Lipinski definition) is 4. The minimum absolute atomic E-state index is 0.162. The first kappa shape index (κ1) is 16.0. The van der Waals surface area contributed by atoms with Gasteiger partial charge in [0.2, 0.25) is 5.91 Å². The summed E-state index contributed by atoms with van der Waals surface area (Å²) in [5, 5.41) is 11.4. The van der Waals surface area contributed by atoms with Crippen LogP contribution in [0, 0.1) is 11.6 Å². The normalized spacial score (nSPS) is 16.4. The zero-order valence-electron chi connectivity index (χ0n) is 12.5. The lowest BCUT2D eigenvalue weighted by Gasteiger charge is -2.28. The van der Waals surface area contributed by atoms with Crippen LogP contribution in [0.15, 0.2) is 23.7 Å². The quantitative estimate of drug-likeness (QED) is 0.912. The van der Waals surface area contributed by atoms with Crippen molar-refractivity contribution in [2.75, 3.05) is 6.54 Å². The van der Waals surface area contributed by atoms with Crippen molar-refractivity contribution in [3.8, 4) is 0 Å². The Labute approximate surface area is 136 Å². The van der Waals surface area contributed by atoms with Gasteiger partial charge in [0.15, 0.2) is 0 Å². The summed E-state index contributed by atoms with van der Waals surface area (Å²) >= 11 is 1.43. The predicted octanol–water partition coefficient (Wildman–Crippen LogP) is 2.99. The third-order valence-electron chi connectivity index (χ3n) is 4.34. The van der Waals surface area contributed by atoms with Crippen molar-refractivity contribution in [1.29, 1.82) is 0 Å². The maximum atomic E-state index is 13.6. The third kappa shape index (κ3) is 3.39. The van der Waals surface area contributed by atoms with E-state index in [-0.39, 0.29) is 5.91 Å². The first-order chi connectivity index (χ1) is 11.1. The van der Waals surface area contributed by atoms with Gasteiger partial charge in [-0.2, -0.15) is 0 Å². The molecule has 1 aliphatic carbocycles. The molecule has 23 heavy (non-hydrogen) atoms. The van der Waals surface area contributed by atoms with E-state index in [1.807, 2.05) is 0 Å². The fourth-order valence-electron chi connectivity index (χ4n) is 3.21. The number of rotatable bonds is 5. The average molecular weight is 337 g/mol. The molecule has 1 fully saturated rings. The molecular weight excluding hydrogens is 320 g/mol. The van der Waals surface area contributed by atoms with E-state index < -0.39 is 17.0 Å². The summed E-state index contributed by atoms with van der Waals surface area (Å²) in [7, 11) is 0. The molecule has 1 saturated carbocycles. The van der Waals surface area contributed by atoms with Gasteiger partial charge in [0.25, 0.3) is 0 Å². The van der Waals surface area contributed by atoms with Crippen LogP contribution in [-0.2, 0) is 16.6 Å². The fourth-order valence-corrected chi connectivity index (χ4v) is 3.74. The molecule has 3 rings (SSSR count). The zero-order chi connectivity index (χ0) is 16.3. The second kappa shape index (κ2) is 6.70. The topological polar surface area (TPSA) is 54.9 Å². The van der Waals surface area contributed by atoms with Gasteiger partial charge in [0.1, 0.15) is 22.2 Å². The van der Waals surface area contributed by atoms with Gasteiger partial charge >= 0.3 is 0 Å². The molecule has 0 aliphatic heterocycles. The molecule has 0 bridgehead atoms. The van der Waals surface area contributed by atoms with E-state index in [0.717, 1.165) is 23.9 Å². The Balaban J connectivity index is 1.75. The molecule has 1 heterocycles. The molecule has 4 nitrogen and oxygen atoms in total. The molecule has 0 unspecified atom stereocenters. The van der Waals surface area contributed by atoms with Gasteiger partial charge in [-0.25, -0.2) is 8.78 Å². The second-order valence-corrected chi connectivity index (χ2v) is 6.70. The second-order valence-electron chi connectivity index (χ2n) is 5.79. The number of carbonyl (C=O) groups is 1. The van der Waals surface area contributed by atoms with Crippen LogP contribution in [0.4, 0.5) is 8.78 Å². The van der Waals surface area contributed by atoms with Gasteiger partial charge in [0.05, 0.1) is 5.41 Å². The van der Waals surface area contributed by atoms with Gasteiger partial charge in [-0.15, -0.1) is 21.5 Å². The lowest BCUT2D eigenvalue weighted by Crippen LogP contribution is -2.43. The lowest BCUT2D eigenvalue weighted by atomic mass is 9.78. The van der Waals surface area contributed by atoms with Crippen molar-refractivity contribution in [1.82, 2.24) is 15.5 Å². The highest BCUT2D eigenvalue weighted by Gasteiger charge is 2.43. The van der Waals surface area contributed by atoms with Crippen LogP contribution in [0.1, 0.15) is 36.3 Å². The molecule has 1 aliphatic rings. The molecule has 0 atom stereocenters. The van der Waals surface area contributed by atoms with E-state index in [4.69, 9.17) is 0 Å². The van der Waals surface area contributed by atoms with Gasteiger partial charge < -0.3 is 5.32 Å². The number of aromatic nitrogens is 2. The Hall–Kier alpha value is -1.89. The lowest BCUT2D eigenvalue weighted by molar-refractivity contribution is -0.126. The highest BCUT2D eigenvalue weighted by molar-refractivity contribution is 7.09. The first-order valence-corrected chi connectivity index (χ1v) is 8.48. The van der Waals surface area contributed by atoms with Crippen molar-refractivity contribution in [3.05, 3.63) is 45.9 Å². The number of hydrogen-bond donors (Lipinski definition) is 1. The smallest absolute Gasteiger partial charge is 0.230 e. The van der Waals surface area contributed by atoms with Gasteiger partial charge in [-0.3, -0.25) is 4.79 Å². The highest BCUT2D eigenvalue weighted by Crippen LogP contribution is 2.41. The Kier molecular flexibility index (Phi) is 4.66. The standard InChI is InChI=1S/C16H17F2N3OS/c17-12-7-11(8-13(18)9-12)16(4-1-2-5-16)15(22)19-6-3-14-21-20-10-23-14/h7-10H,1-6H2,(H,19,22). The van der Waals surface area contributed by atoms with E-state index >= 15 is 0 Å². The van der Waals surface area contributed by atoms with Crippen molar-refractivity contribution in [2.45, 2.75) is 37.5 Å². The average Bonchev–Trinajstić information content (AvgIpc) is 3.18. The highest BCUT2D eigenvalue weighted by atomic mass is 32.1. The number of nitrogens with one attached hydrogen (secondary N) is 1. The molecule has 7 heteroatoms. The predicted molar refractivity (Wildman–Crippen MR) is 83.1 cm³/mol. The number of carbonyl (C=O) groups excluding carboxylic acids is 1. The van der Waals surface area contributed by atoms with E-state index in [1.165, 1.54) is 23.5 Å². The maximum Gasteiger partial charge on any atom is 0.230 e. The van der Waals surface area contributed by atoms with Crippen molar-refractivity contribution in [3.63, 3.8) is 0 Å². The maximum absolute atomic E-state index is 13.6. The van der Waals surface area contributed by atoms with Crippen molar-refractivity contribution < 1.29 is 13.6 Å². The van der Waals surface area contributed by atoms with Crippen LogP contribution in [0.25, 0.3) is 0 Å². The van der Waals surface area contributed by atoms with E-state index in [2.05, 4.69) is 15.5 Å². The molecular formula is C16H17F2N3OS. The van der Waals surface area contributed by atoms with E-state index in [9.17, 15) is 13.6 Å². The van der Waals surface area contributed by atoms with Crippen molar-refractivity contribution >= 4 is 17.2 Å². The Bertz CT molecular complexity index is 664. The minimum atomic E-state index is -0.829. The summed E-state index contributed by atoms with van der Waals surface area (Å²) in [5.41, 5.74) is 1.25. The number of amides is 1. The molecule has 0 saturated heterocycles. The van der Waals surface area contributed by atoms with Crippen LogP contribution in [-0.4, -0.2) is 22.6 Å². The zero-order valence-corrected chi connectivity index (χ0v) is 13.3. The molecule has 2 aromatic rings. The minimum Gasteiger partial charge on any atom is -0.355 e. The molecule has 1 N–H and O–H groups in total. The summed E-state index contributed by atoms with van der Waals surface area (Å²) in [6.45, 7) is 0.438. The summed E-state index contributed by atoms with van der Waals surface area (Å²) in [5.74, 6) is -1.45. The molecule has 1 aromatic heterocycles. The van der Waals surface area contributed by atoms with Crippen molar-refractivity contribution in [2.24, 2.45) is 0 Å². The molecule has 0 radical (unpaired) electrons. The van der Waals surface area contributed by atoms with Crippen LogP contribution < -0.4 is 5.32 Å². The summed E-state index contributed by atoms with van der Waals surface area (Å²) in [4.78, 5) is 12.7. The summed E-state index contributed by atoms with van der Waals surface area (Å²) in [6, 6.07) is 3.39. The van der Waals surface area contributed by atoms with Crippen LogP contribution in [0.2, 0.25) is 0 Å².